The molecule has 0 radical (unpaired) electrons. The second-order valence-corrected chi connectivity index (χ2v) is 5.32. The van der Waals surface area contributed by atoms with Gasteiger partial charge in [0.2, 0.25) is 5.91 Å². The summed E-state index contributed by atoms with van der Waals surface area (Å²) >= 11 is 0. The van der Waals surface area contributed by atoms with Crippen molar-refractivity contribution >= 4 is 11.6 Å². The fraction of sp³-hybridized carbons (Fsp3) is 0.533. The standard InChI is InChI=1S/C15H22N2O2/c1-11(16-10-12-7-8-14(18)9-12)15(19)17-13-5-3-2-4-6-13/h2-6,11-12,14,16,18H,7-10H2,1H3,(H,17,19). The Bertz CT molecular complexity index is 408. The molecule has 19 heavy (non-hydrogen) atoms. The van der Waals surface area contributed by atoms with Gasteiger partial charge in [0.25, 0.3) is 0 Å². The largest absolute Gasteiger partial charge is 0.393 e. The Morgan fingerprint density at radius 3 is 2.74 bits per heavy atom. The Hall–Kier alpha value is -1.39. The molecule has 1 fully saturated rings. The van der Waals surface area contributed by atoms with E-state index in [1.807, 2.05) is 37.3 Å². The van der Waals surface area contributed by atoms with Crippen molar-refractivity contribution in [3.05, 3.63) is 30.3 Å². The first-order valence-corrected chi connectivity index (χ1v) is 6.92. The van der Waals surface area contributed by atoms with Crippen LogP contribution in [0.25, 0.3) is 0 Å². The molecular weight excluding hydrogens is 240 g/mol. The third-order valence-corrected chi connectivity index (χ3v) is 3.66. The summed E-state index contributed by atoms with van der Waals surface area (Å²) in [6.07, 6.45) is 2.62. The minimum atomic E-state index is -0.224. The topological polar surface area (TPSA) is 61.4 Å². The van der Waals surface area contributed by atoms with Crippen molar-refractivity contribution in [3.63, 3.8) is 0 Å². The molecule has 1 aliphatic carbocycles. The van der Waals surface area contributed by atoms with E-state index in [0.29, 0.717) is 5.92 Å². The number of hydrogen-bond donors (Lipinski definition) is 3. The number of amides is 1. The molecule has 104 valence electrons. The Labute approximate surface area is 114 Å². The minimum absolute atomic E-state index is 0.0234. The Morgan fingerprint density at radius 2 is 2.11 bits per heavy atom. The highest BCUT2D eigenvalue weighted by molar-refractivity contribution is 5.94. The maximum absolute atomic E-state index is 12.0. The molecule has 0 saturated heterocycles. The van der Waals surface area contributed by atoms with Gasteiger partial charge in [0.1, 0.15) is 0 Å². The smallest absolute Gasteiger partial charge is 0.241 e. The molecule has 1 aromatic carbocycles. The molecule has 0 spiro atoms. The number of carbonyl (C=O) groups is 1. The summed E-state index contributed by atoms with van der Waals surface area (Å²) in [6, 6.07) is 9.23. The highest BCUT2D eigenvalue weighted by atomic mass is 16.3. The number of hydrogen-bond acceptors (Lipinski definition) is 3. The summed E-state index contributed by atoms with van der Waals surface area (Å²) in [5, 5.41) is 15.6. The van der Waals surface area contributed by atoms with Gasteiger partial charge in [0.15, 0.2) is 0 Å². The molecular formula is C15H22N2O2. The fourth-order valence-electron chi connectivity index (χ4n) is 2.44. The third kappa shape index (κ3) is 4.33. The van der Waals surface area contributed by atoms with Crippen LogP contribution in [0.5, 0.6) is 0 Å². The molecule has 1 aliphatic rings. The number of rotatable bonds is 5. The van der Waals surface area contributed by atoms with Crippen LogP contribution in [0.3, 0.4) is 0 Å². The van der Waals surface area contributed by atoms with Crippen molar-refractivity contribution in [2.75, 3.05) is 11.9 Å². The molecule has 4 heteroatoms. The van der Waals surface area contributed by atoms with Crippen LogP contribution in [-0.4, -0.2) is 29.7 Å². The van der Waals surface area contributed by atoms with Crippen LogP contribution in [0.2, 0.25) is 0 Å². The molecule has 0 aromatic heterocycles. The van der Waals surface area contributed by atoms with E-state index in [1.165, 1.54) is 0 Å². The number of aliphatic hydroxyl groups is 1. The van der Waals surface area contributed by atoms with Crippen molar-refractivity contribution in [1.29, 1.82) is 0 Å². The lowest BCUT2D eigenvalue weighted by Crippen LogP contribution is -2.40. The van der Waals surface area contributed by atoms with Gasteiger partial charge in [-0.3, -0.25) is 4.79 Å². The van der Waals surface area contributed by atoms with Crippen LogP contribution in [0.15, 0.2) is 30.3 Å². The molecule has 3 N–H and O–H groups in total. The van der Waals surface area contributed by atoms with Crippen LogP contribution in [0, 0.1) is 5.92 Å². The second kappa shape index (κ2) is 6.68. The molecule has 3 unspecified atom stereocenters. The van der Waals surface area contributed by atoms with Crippen molar-refractivity contribution in [1.82, 2.24) is 5.32 Å². The average molecular weight is 262 g/mol. The zero-order valence-electron chi connectivity index (χ0n) is 11.3. The third-order valence-electron chi connectivity index (χ3n) is 3.66. The molecule has 0 aliphatic heterocycles. The number of carbonyl (C=O) groups excluding carboxylic acids is 1. The van der Waals surface area contributed by atoms with Crippen LogP contribution in [-0.2, 0) is 4.79 Å². The van der Waals surface area contributed by atoms with Crippen molar-refractivity contribution < 1.29 is 9.90 Å². The molecule has 3 atom stereocenters. The molecule has 1 saturated carbocycles. The van der Waals surface area contributed by atoms with Crippen LogP contribution < -0.4 is 10.6 Å². The summed E-state index contributed by atoms with van der Waals surface area (Å²) in [5.74, 6) is 0.465. The lowest BCUT2D eigenvalue weighted by molar-refractivity contribution is -0.117. The number of anilines is 1. The summed E-state index contributed by atoms with van der Waals surface area (Å²) in [5.41, 5.74) is 0.817. The number of aliphatic hydroxyl groups excluding tert-OH is 1. The van der Waals surface area contributed by atoms with Gasteiger partial charge in [0, 0.05) is 5.69 Å². The predicted octanol–water partition coefficient (Wildman–Crippen LogP) is 1.76. The highest BCUT2D eigenvalue weighted by Crippen LogP contribution is 2.24. The SMILES string of the molecule is CC(NCC1CCC(O)C1)C(=O)Nc1ccccc1. The van der Waals surface area contributed by atoms with Crippen molar-refractivity contribution in [2.45, 2.75) is 38.3 Å². The number of nitrogens with one attached hydrogen (secondary N) is 2. The van der Waals surface area contributed by atoms with E-state index in [0.717, 1.165) is 31.5 Å². The van der Waals surface area contributed by atoms with Crippen molar-refractivity contribution in [2.24, 2.45) is 5.92 Å². The molecule has 2 rings (SSSR count). The van der Waals surface area contributed by atoms with Gasteiger partial charge < -0.3 is 15.7 Å². The molecule has 4 nitrogen and oxygen atoms in total. The quantitative estimate of drug-likeness (QED) is 0.758. The van der Waals surface area contributed by atoms with E-state index in [-0.39, 0.29) is 18.1 Å². The van der Waals surface area contributed by atoms with Crippen LogP contribution >= 0.6 is 0 Å². The summed E-state index contributed by atoms with van der Waals surface area (Å²) in [6.45, 7) is 2.66. The first-order valence-electron chi connectivity index (χ1n) is 6.92. The van der Waals surface area contributed by atoms with Gasteiger partial charge in [-0.15, -0.1) is 0 Å². The average Bonchev–Trinajstić information content (AvgIpc) is 2.83. The molecule has 1 amide bonds. The van der Waals surface area contributed by atoms with Crippen molar-refractivity contribution in [3.8, 4) is 0 Å². The Kier molecular flexibility index (Phi) is 4.93. The van der Waals surface area contributed by atoms with Gasteiger partial charge in [-0.25, -0.2) is 0 Å². The molecule has 0 bridgehead atoms. The minimum Gasteiger partial charge on any atom is -0.393 e. The fourth-order valence-corrected chi connectivity index (χ4v) is 2.44. The molecule has 1 aromatic rings. The van der Waals surface area contributed by atoms with E-state index in [4.69, 9.17) is 0 Å². The second-order valence-electron chi connectivity index (χ2n) is 5.32. The van der Waals surface area contributed by atoms with Gasteiger partial charge in [-0.1, -0.05) is 18.2 Å². The maximum atomic E-state index is 12.0. The maximum Gasteiger partial charge on any atom is 0.241 e. The normalized spacial score (nSPS) is 24.1. The van der Waals surface area contributed by atoms with Gasteiger partial charge in [0.05, 0.1) is 12.1 Å². The Balaban J connectivity index is 1.73. The van der Waals surface area contributed by atoms with E-state index in [1.54, 1.807) is 0 Å². The van der Waals surface area contributed by atoms with E-state index < -0.39 is 0 Å². The van der Waals surface area contributed by atoms with E-state index >= 15 is 0 Å². The van der Waals surface area contributed by atoms with E-state index in [2.05, 4.69) is 10.6 Å². The zero-order chi connectivity index (χ0) is 13.7. The van der Waals surface area contributed by atoms with E-state index in [9.17, 15) is 9.90 Å². The van der Waals surface area contributed by atoms with Gasteiger partial charge >= 0.3 is 0 Å². The van der Waals surface area contributed by atoms with Gasteiger partial charge in [-0.05, 0) is 50.8 Å². The van der Waals surface area contributed by atoms with Gasteiger partial charge in [-0.2, -0.15) is 0 Å². The number of benzene rings is 1. The molecule has 0 heterocycles. The lowest BCUT2D eigenvalue weighted by Gasteiger charge is -2.17. The Morgan fingerprint density at radius 1 is 1.37 bits per heavy atom. The van der Waals surface area contributed by atoms with Crippen LogP contribution in [0.1, 0.15) is 26.2 Å². The number of para-hydroxylation sites is 1. The first-order chi connectivity index (χ1) is 9.15. The predicted molar refractivity (Wildman–Crippen MR) is 75.9 cm³/mol. The zero-order valence-corrected chi connectivity index (χ0v) is 11.3. The summed E-state index contributed by atoms with van der Waals surface area (Å²) < 4.78 is 0. The first kappa shape index (κ1) is 14.0. The summed E-state index contributed by atoms with van der Waals surface area (Å²) in [7, 11) is 0. The van der Waals surface area contributed by atoms with Crippen LogP contribution in [0.4, 0.5) is 5.69 Å². The highest BCUT2D eigenvalue weighted by Gasteiger charge is 2.23. The summed E-state index contributed by atoms with van der Waals surface area (Å²) in [4.78, 5) is 12.0. The monoisotopic (exact) mass is 262 g/mol. The lowest BCUT2D eigenvalue weighted by atomic mass is 10.1.